The Morgan fingerprint density at radius 2 is 2.39 bits per heavy atom. The SMILES string of the molecule is CCOCCS(=O)(=O)Nc1ncc(C#CCO)s1. The summed E-state index contributed by atoms with van der Waals surface area (Å²) >= 11 is 1.11. The molecule has 100 valence electrons. The molecule has 0 saturated heterocycles. The molecule has 0 aliphatic carbocycles. The van der Waals surface area contributed by atoms with Crippen molar-refractivity contribution in [1.29, 1.82) is 0 Å². The van der Waals surface area contributed by atoms with Gasteiger partial charge in [0.25, 0.3) is 0 Å². The van der Waals surface area contributed by atoms with E-state index < -0.39 is 10.0 Å². The molecule has 0 unspecified atom stereocenters. The first-order chi connectivity index (χ1) is 8.57. The maximum absolute atomic E-state index is 11.6. The second kappa shape index (κ2) is 7.33. The number of hydrogen-bond acceptors (Lipinski definition) is 6. The summed E-state index contributed by atoms with van der Waals surface area (Å²) in [6.45, 7) is 2.18. The van der Waals surface area contributed by atoms with Gasteiger partial charge in [-0.15, -0.1) is 0 Å². The summed E-state index contributed by atoms with van der Waals surface area (Å²) in [7, 11) is -3.44. The number of aliphatic hydroxyl groups excluding tert-OH is 1. The highest BCUT2D eigenvalue weighted by atomic mass is 32.2. The van der Waals surface area contributed by atoms with Gasteiger partial charge in [0.15, 0.2) is 5.13 Å². The van der Waals surface area contributed by atoms with Crippen molar-refractivity contribution in [3.63, 3.8) is 0 Å². The first-order valence-corrected chi connectivity index (χ1v) is 7.68. The van der Waals surface area contributed by atoms with Crippen LogP contribution in [0.1, 0.15) is 11.8 Å². The molecule has 18 heavy (non-hydrogen) atoms. The lowest BCUT2D eigenvalue weighted by atomic mass is 10.5. The summed E-state index contributed by atoms with van der Waals surface area (Å²) < 4.78 is 30.5. The van der Waals surface area contributed by atoms with Crippen LogP contribution in [-0.2, 0) is 14.8 Å². The van der Waals surface area contributed by atoms with Gasteiger partial charge >= 0.3 is 0 Å². The minimum Gasteiger partial charge on any atom is -0.384 e. The van der Waals surface area contributed by atoms with E-state index in [4.69, 9.17) is 9.84 Å². The zero-order valence-corrected chi connectivity index (χ0v) is 11.5. The molecule has 8 heteroatoms. The Bertz CT molecular complexity index is 528. The average Bonchev–Trinajstić information content (AvgIpc) is 2.73. The molecule has 0 aliphatic heterocycles. The van der Waals surface area contributed by atoms with E-state index in [1.54, 1.807) is 6.92 Å². The summed E-state index contributed by atoms with van der Waals surface area (Å²) in [5, 5.41) is 8.78. The molecule has 1 heterocycles. The molecule has 6 nitrogen and oxygen atoms in total. The van der Waals surface area contributed by atoms with Crippen molar-refractivity contribution in [3.05, 3.63) is 11.1 Å². The minimum absolute atomic E-state index is 0.113. The lowest BCUT2D eigenvalue weighted by molar-refractivity contribution is 0.163. The van der Waals surface area contributed by atoms with E-state index in [1.807, 2.05) is 0 Å². The highest BCUT2D eigenvalue weighted by molar-refractivity contribution is 7.92. The van der Waals surface area contributed by atoms with E-state index >= 15 is 0 Å². The van der Waals surface area contributed by atoms with Crippen LogP contribution in [0.5, 0.6) is 0 Å². The maximum atomic E-state index is 11.6. The Morgan fingerprint density at radius 1 is 1.61 bits per heavy atom. The third kappa shape index (κ3) is 5.46. The average molecular weight is 290 g/mol. The van der Waals surface area contributed by atoms with Crippen LogP contribution < -0.4 is 4.72 Å². The van der Waals surface area contributed by atoms with E-state index in [0.29, 0.717) is 11.5 Å². The second-order valence-corrected chi connectivity index (χ2v) is 5.98. The number of ether oxygens (including phenoxy) is 1. The van der Waals surface area contributed by atoms with Crippen molar-refractivity contribution >= 4 is 26.5 Å². The smallest absolute Gasteiger partial charge is 0.236 e. The van der Waals surface area contributed by atoms with Crippen molar-refractivity contribution in [2.75, 3.05) is 30.3 Å². The number of nitrogens with zero attached hydrogens (tertiary/aromatic N) is 1. The predicted molar refractivity (Wildman–Crippen MR) is 70.0 cm³/mol. The van der Waals surface area contributed by atoms with Crippen LogP contribution >= 0.6 is 11.3 Å². The number of thiazole rings is 1. The van der Waals surface area contributed by atoms with E-state index in [1.165, 1.54) is 6.20 Å². The van der Waals surface area contributed by atoms with Crippen molar-refractivity contribution in [3.8, 4) is 11.8 Å². The number of aromatic nitrogens is 1. The van der Waals surface area contributed by atoms with Crippen LogP contribution in [0.2, 0.25) is 0 Å². The Labute approximate surface area is 110 Å². The fraction of sp³-hybridized carbons (Fsp3) is 0.500. The molecule has 1 rings (SSSR count). The van der Waals surface area contributed by atoms with E-state index in [-0.39, 0.29) is 24.1 Å². The summed E-state index contributed by atoms with van der Waals surface area (Å²) in [6, 6.07) is 0. The van der Waals surface area contributed by atoms with Gasteiger partial charge in [0.05, 0.1) is 23.4 Å². The molecule has 0 atom stereocenters. The highest BCUT2D eigenvalue weighted by Gasteiger charge is 2.12. The normalized spacial score (nSPS) is 10.8. The van der Waals surface area contributed by atoms with Crippen LogP contribution in [0.15, 0.2) is 6.20 Å². The molecule has 1 aromatic heterocycles. The third-order valence-electron chi connectivity index (χ3n) is 1.74. The molecule has 0 spiro atoms. The molecule has 0 bridgehead atoms. The first kappa shape index (κ1) is 14.9. The maximum Gasteiger partial charge on any atom is 0.236 e. The van der Waals surface area contributed by atoms with Gasteiger partial charge in [0.2, 0.25) is 10.0 Å². The Kier molecular flexibility index (Phi) is 6.07. The number of hydrogen-bond donors (Lipinski definition) is 2. The van der Waals surface area contributed by atoms with Gasteiger partial charge in [-0.05, 0) is 6.92 Å². The summed E-state index contributed by atoms with van der Waals surface area (Å²) in [5.41, 5.74) is 0. The summed E-state index contributed by atoms with van der Waals surface area (Å²) in [4.78, 5) is 4.48. The highest BCUT2D eigenvalue weighted by Crippen LogP contribution is 2.18. The molecule has 0 aromatic carbocycles. The quantitative estimate of drug-likeness (QED) is 0.580. The molecule has 0 aliphatic rings. The van der Waals surface area contributed by atoms with Gasteiger partial charge in [-0.25, -0.2) is 13.4 Å². The molecular formula is C10H14N2O4S2. The van der Waals surface area contributed by atoms with Crippen LogP contribution in [0, 0.1) is 11.8 Å². The van der Waals surface area contributed by atoms with Gasteiger partial charge in [-0.1, -0.05) is 23.2 Å². The zero-order chi connectivity index (χ0) is 13.4. The van der Waals surface area contributed by atoms with Crippen LogP contribution in [0.25, 0.3) is 0 Å². The van der Waals surface area contributed by atoms with E-state index in [0.717, 1.165) is 11.3 Å². The topological polar surface area (TPSA) is 88.5 Å². The van der Waals surface area contributed by atoms with Gasteiger partial charge in [0.1, 0.15) is 6.61 Å². The van der Waals surface area contributed by atoms with Crippen molar-refractivity contribution in [1.82, 2.24) is 4.98 Å². The molecule has 1 aromatic rings. The second-order valence-electron chi connectivity index (χ2n) is 3.11. The lowest BCUT2D eigenvalue weighted by Gasteiger charge is -2.04. The first-order valence-electron chi connectivity index (χ1n) is 5.21. The third-order valence-corrected chi connectivity index (χ3v) is 3.91. The summed E-state index contributed by atoms with van der Waals surface area (Å²) in [5.74, 6) is 5.00. The Balaban J connectivity index is 2.58. The van der Waals surface area contributed by atoms with E-state index in [2.05, 4.69) is 21.5 Å². The number of nitrogens with one attached hydrogen (secondary N) is 1. The fourth-order valence-electron chi connectivity index (χ4n) is 1.00. The van der Waals surface area contributed by atoms with Crippen molar-refractivity contribution < 1.29 is 18.3 Å². The van der Waals surface area contributed by atoms with Gasteiger partial charge in [0, 0.05) is 6.61 Å². The molecule has 0 saturated carbocycles. The molecule has 0 amide bonds. The van der Waals surface area contributed by atoms with Crippen LogP contribution in [0.3, 0.4) is 0 Å². The lowest BCUT2D eigenvalue weighted by Crippen LogP contribution is -2.20. The van der Waals surface area contributed by atoms with E-state index in [9.17, 15) is 8.42 Å². The number of anilines is 1. The zero-order valence-electron chi connectivity index (χ0n) is 9.84. The van der Waals surface area contributed by atoms with Crippen molar-refractivity contribution in [2.24, 2.45) is 0 Å². The molecule has 0 radical (unpaired) electrons. The van der Waals surface area contributed by atoms with Gasteiger partial charge in [-0.3, -0.25) is 4.72 Å². The molecular weight excluding hydrogens is 276 g/mol. The molecule has 0 fully saturated rings. The Hall–Kier alpha value is -1.14. The number of sulfonamides is 1. The fourth-order valence-corrected chi connectivity index (χ4v) is 2.85. The summed E-state index contributed by atoms with van der Waals surface area (Å²) in [6.07, 6.45) is 1.45. The van der Waals surface area contributed by atoms with Gasteiger partial charge < -0.3 is 9.84 Å². The van der Waals surface area contributed by atoms with Crippen molar-refractivity contribution in [2.45, 2.75) is 6.92 Å². The number of rotatable bonds is 6. The van der Waals surface area contributed by atoms with Gasteiger partial charge in [-0.2, -0.15) is 0 Å². The standard InChI is InChI=1S/C10H14N2O4S2/c1-2-16-6-7-18(14,15)12-10-11-8-9(17-10)4-3-5-13/h8,13H,2,5-7H2,1H3,(H,11,12). The minimum atomic E-state index is -3.44. The Morgan fingerprint density at radius 3 is 3.06 bits per heavy atom. The largest absolute Gasteiger partial charge is 0.384 e. The molecule has 2 N–H and O–H groups in total. The monoisotopic (exact) mass is 290 g/mol. The number of aliphatic hydroxyl groups is 1. The predicted octanol–water partition coefficient (Wildman–Crippen LogP) is 0.265. The van der Waals surface area contributed by atoms with Crippen LogP contribution in [-0.4, -0.2) is 44.1 Å². The van der Waals surface area contributed by atoms with Crippen LogP contribution in [0.4, 0.5) is 5.13 Å².